The maximum atomic E-state index is 13.1. The smallest absolute Gasteiger partial charge is 0.378 e. The number of ether oxygens (including phenoxy) is 3. The van der Waals surface area contributed by atoms with Crippen molar-refractivity contribution in [3.63, 3.8) is 0 Å². The number of hydrogen-bond acceptors (Lipinski definition) is 3. The van der Waals surface area contributed by atoms with Gasteiger partial charge in [0.15, 0.2) is 5.79 Å². The average molecular weight is 518 g/mol. The molecule has 2 rings (SSSR count). The zero-order valence-electron chi connectivity index (χ0n) is 15.2. The molecule has 10 heteroatoms. The molecule has 1 aliphatic carbocycles. The van der Waals surface area contributed by atoms with E-state index in [1.165, 1.54) is 7.11 Å². The van der Waals surface area contributed by atoms with Gasteiger partial charge in [-0.3, -0.25) is 0 Å². The summed E-state index contributed by atoms with van der Waals surface area (Å²) in [4.78, 5) is 0. The van der Waals surface area contributed by atoms with Gasteiger partial charge < -0.3 is 14.2 Å². The Morgan fingerprint density at radius 1 is 1.00 bits per heavy atom. The fourth-order valence-corrected chi connectivity index (χ4v) is 4.60. The summed E-state index contributed by atoms with van der Waals surface area (Å²) in [5.74, 6) is -1.91. The summed E-state index contributed by atoms with van der Waals surface area (Å²) in [5.41, 5.74) is 0. The Kier molecular flexibility index (Phi) is 7.74. The minimum atomic E-state index is -5.56. The number of methoxy groups -OCH3 is 1. The third-order valence-electron chi connectivity index (χ3n) is 5.32. The van der Waals surface area contributed by atoms with Gasteiger partial charge in [0.1, 0.15) is 0 Å². The second-order valence-electron chi connectivity index (χ2n) is 7.35. The van der Waals surface area contributed by atoms with Crippen molar-refractivity contribution in [1.82, 2.24) is 0 Å². The molecule has 0 unspecified atom stereocenters. The van der Waals surface area contributed by atoms with E-state index < -0.39 is 36.5 Å². The molecule has 0 amide bonds. The minimum Gasteiger partial charge on any atom is -0.378 e. The van der Waals surface area contributed by atoms with Crippen LogP contribution in [0.2, 0.25) is 0 Å². The van der Waals surface area contributed by atoms with Gasteiger partial charge in [0, 0.05) is 23.9 Å². The number of fused-ring (bicyclic) bond motifs is 3. The van der Waals surface area contributed by atoms with Crippen molar-refractivity contribution in [1.29, 1.82) is 0 Å². The molecule has 2 fully saturated rings. The third kappa shape index (κ3) is 5.85. The molecule has 27 heavy (non-hydrogen) atoms. The normalized spacial score (nSPS) is 34.7. The second kappa shape index (κ2) is 8.91. The van der Waals surface area contributed by atoms with E-state index >= 15 is 0 Å². The maximum Gasteiger partial charge on any atom is 0.423 e. The lowest BCUT2D eigenvalue weighted by Gasteiger charge is -2.41. The van der Waals surface area contributed by atoms with Crippen molar-refractivity contribution in [3.05, 3.63) is 0 Å². The fourth-order valence-electron chi connectivity index (χ4n) is 4.04. The van der Waals surface area contributed by atoms with Crippen molar-refractivity contribution >= 4 is 22.6 Å². The number of rotatable bonds is 4. The lowest BCUT2D eigenvalue weighted by molar-refractivity contribution is -0.390. The van der Waals surface area contributed by atoms with E-state index in [4.69, 9.17) is 14.2 Å². The predicted molar refractivity (Wildman–Crippen MR) is 94.7 cm³/mol. The van der Waals surface area contributed by atoms with Crippen molar-refractivity contribution < 1.29 is 40.6 Å². The van der Waals surface area contributed by atoms with E-state index in [-0.39, 0.29) is 22.7 Å². The van der Waals surface area contributed by atoms with Gasteiger partial charge in [-0.05, 0) is 25.2 Å². The van der Waals surface area contributed by atoms with Gasteiger partial charge >= 0.3 is 12.4 Å². The van der Waals surface area contributed by atoms with Crippen LogP contribution in [0.5, 0.6) is 0 Å². The molecule has 0 radical (unpaired) electrons. The van der Waals surface area contributed by atoms with Crippen LogP contribution in [0.4, 0.5) is 26.3 Å². The third-order valence-corrected chi connectivity index (χ3v) is 6.03. The van der Waals surface area contributed by atoms with Gasteiger partial charge in [-0.25, -0.2) is 0 Å². The van der Waals surface area contributed by atoms with E-state index in [1.807, 2.05) is 0 Å². The zero-order chi connectivity index (χ0) is 20.5. The van der Waals surface area contributed by atoms with Gasteiger partial charge in [-0.1, -0.05) is 42.4 Å². The standard InChI is InChI=1S/C17H25F6IO3/c1-10(24)12-13(25-2)11-6-4-3-5-8-15(26-12,9-7-11)27-14(16(18,19)20)17(21,22)23/h10-14H,3-9H2,1-2H3/t10-,11+,12-,13-,15+/m0/s1. The second-order valence-corrected chi connectivity index (χ2v) is 9.32. The number of hydrogen-bond donors (Lipinski definition) is 0. The van der Waals surface area contributed by atoms with Crippen LogP contribution >= 0.6 is 22.6 Å². The largest absolute Gasteiger partial charge is 0.423 e. The first-order chi connectivity index (χ1) is 12.4. The Balaban J connectivity index is 2.42. The molecule has 0 aromatic heterocycles. The molecule has 2 aliphatic rings. The minimum absolute atomic E-state index is 0.00132. The van der Waals surface area contributed by atoms with E-state index in [0.29, 0.717) is 19.3 Å². The summed E-state index contributed by atoms with van der Waals surface area (Å²) in [6, 6.07) is 0. The molecule has 0 N–H and O–H groups in total. The van der Waals surface area contributed by atoms with Crippen LogP contribution in [0, 0.1) is 5.92 Å². The van der Waals surface area contributed by atoms with Gasteiger partial charge in [0.25, 0.3) is 6.10 Å². The molecule has 160 valence electrons. The van der Waals surface area contributed by atoms with Gasteiger partial charge in [0.2, 0.25) is 0 Å². The van der Waals surface area contributed by atoms with Crippen LogP contribution in [0.25, 0.3) is 0 Å². The van der Waals surface area contributed by atoms with Gasteiger partial charge in [-0.2, -0.15) is 26.3 Å². The molecule has 0 aromatic carbocycles. The summed E-state index contributed by atoms with van der Waals surface area (Å²) in [5, 5.41) is 0. The van der Waals surface area contributed by atoms with Crippen molar-refractivity contribution in [2.24, 2.45) is 5.92 Å². The first kappa shape index (κ1) is 23.5. The molecule has 1 saturated carbocycles. The van der Waals surface area contributed by atoms with Crippen molar-refractivity contribution in [2.45, 2.75) is 92.2 Å². The average Bonchev–Trinajstić information content (AvgIpc) is 2.60. The summed E-state index contributed by atoms with van der Waals surface area (Å²) >= 11 is 2.07. The Bertz CT molecular complexity index is 470. The van der Waals surface area contributed by atoms with Crippen LogP contribution in [0.3, 0.4) is 0 Å². The zero-order valence-corrected chi connectivity index (χ0v) is 17.4. The highest BCUT2D eigenvalue weighted by atomic mass is 127. The quantitative estimate of drug-likeness (QED) is 0.268. The van der Waals surface area contributed by atoms with E-state index in [0.717, 1.165) is 12.8 Å². The van der Waals surface area contributed by atoms with E-state index in [9.17, 15) is 26.3 Å². The monoisotopic (exact) mass is 518 g/mol. The summed E-state index contributed by atoms with van der Waals surface area (Å²) in [7, 11) is 1.50. The van der Waals surface area contributed by atoms with Crippen LogP contribution < -0.4 is 0 Å². The van der Waals surface area contributed by atoms with Crippen LogP contribution in [-0.4, -0.2) is 47.5 Å². The topological polar surface area (TPSA) is 27.7 Å². The summed E-state index contributed by atoms with van der Waals surface area (Å²) in [6.45, 7) is 1.81. The molecule has 3 nitrogen and oxygen atoms in total. The molecule has 1 aliphatic heterocycles. The maximum absolute atomic E-state index is 13.1. The highest BCUT2D eigenvalue weighted by molar-refractivity contribution is 14.1. The van der Waals surface area contributed by atoms with E-state index in [2.05, 4.69) is 22.6 Å². The lowest BCUT2D eigenvalue weighted by Crippen LogP contribution is -2.53. The Hall–Kier alpha value is 0.190. The van der Waals surface area contributed by atoms with Crippen LogP contribution in [0.1, 0.15) is 51.9 Å². The molecular formula is C17H25F6IO3. The molecule has 2 bridgehead atoms. The molecule has 5 atom stereocenters. The highest BCUT2D eigenvalue weighted by Gasteiger charge is 2.61. The summed E-state index contributed by atoms with van der Waals surface area (Å²) in [6.07, 6.45) is -12.8. The Morgan fingerprint density at radius 2 is 1.63 bits per heavy atom. The van der Waals surface area contributed by atoms with Crippen molar-refractivity contribution in [3.8, 4) is 0 Å². The molecule has 0 spiro atoms. The predicted octanol–water partition coefficient (Wildman–Crippen LogP) is 5.79. The van der Waals surface area contributed by atoms with Crippen molar-refractivity contribution in [2.75, 3.05) is 7.11 Å². The lowest BCUT2D eigenvalue weighted by atomic mass is 9.88. The summed E-state index contributed by atoms with van der Waals surface area (Å²) < 4.78 is 94.9. The fraction of sp³-hybridized carbons (Fsp3) is 1.00. The first-order valence-corrected chi connectivity index (χ1v) is 10.3. The van der Waals surface area contributed by atoms with Gasteiger partial charge in [0.05, 0.1) is 12.2 Å². The molecule has 1 saturated heterocycles. The Labute approximate surface area is 168 Å². The molecular weight excluding hydrogens is 493 g/mol. The molecule has 0 aromatic rings. The van der Waals surface area contributed by atoms with E-state index in [1.54, 1.807) is 6.92 Å². The van der Waals surface area contributed by atoms with Crippen LogP contribution in [0.15, 0.2) is 0 Å². The highest BCUT2D eigenvalue weighted by Crippen LogP contribution is 2.46. The first-order valence-electron chi connectivity index (χ1n) is 9.05. The molecule has 1 heterocycles. The Morgan fingerprint density at radius 3 is 2.15 bits per heavy atom. The van der Waals surface area contributed by atoms with Crippen LogP contribution in [-0.2, 0) is 14.2 Å². The number of halogens is 7. The SMILES string of the molecule is CO[C@H]1[C@@H]2CCCCC[C@@](OC(C(F)(F)F)C(F)(F)F)(CC2)O[C@H]1[C@H](C)I. The van der Waals surface area contributed by atoms with Gasteiger partial charge in [-0.15, -0.1) is 0 Å². The number of alkyl halides is 7.